The van der Waals surface area contributed by atoms with Gasteiger partial charge in [-0.2, -0.15) is 0 Å². The molecule has 7 nitrogen and oxygen atoms in total. The second-order valence-corrected chi connectivity index (χ2v) is 11.0. The van der Waals surface area contributed by atoms with Crippen molar-refractivity contribution in [2.45, 2.75) is 38.9 Å². The molecular weight excluding hydrogens is 536 g/mol. The lowest BCUT2D eigenvalue weighted by molar-refractivity contribution is 0.0770. The van der Waals surface area contributed by atoms with Crippen LogP contribution in [0, 0.1) is 6.92 Å². The standard InChI is InChI=1S/C29H32N4O3.C7H8.H2/c34-28-30-26-13-7-8-14-27(26)33(28)25-15-17-32(18-16-25)29(35)36-20-19-31(21-23-9-3-1-4-10-23)22-24-11-5-2-6-12-24;1-7-5-3-2-4-6-7;/h1-14,25H,15-22H2,(H,30,34);2-6H,1H3;1H. The first-order chi connectivity index (χ1) is 21.1. The summed E-state index contributed by atoms with van der Waals surface area (Å²) in [7, 11) is 0. The predicted molar refractivity (Wildman–Crippen MR) is 174 cm³/mol. The summed E-state index contributed by atoms with van der Waals surface area (Å²) < 4.78 is 7.51. The van der Waals surface area contributed by atoms with Gasteiger partial charge in [-0.05, 0) is 43.0 Å². The first-order valence-electron chi connectivity index (χ1n) is 15.0. The molecule has 5 aromatic rings. The largest absolute Gasteiger partial charge is 0.448 e. The number of nitrogens with one attached hydrogen (secondary N) is 1. The fourth-order valence-electron chi connectivity index (χ4n) is 5.53. The van der Waals surface area contributed by atoms with Gasteiger partial charge in [0.25, 0.3) is 0 Å². The van der Waals surface area contributed by atoms with Crippen molar-refractivity contribution < 1.29 is 11.0 Å². The summed E-state index contributed by atoms with van der Waals surface area (Å²) in [5.74, 6) is 0. The molecule has 1 aliphatic heterocycles. The van der Waals surface area contributed by atoms with Gasteiger partial charge >= 0.3 is 11.8 Å². The van der Waals surface area contributed by atoms with Gasteiger partial charge in [-0.1, -0.05) is 109 Å². The molecule has 0 unspecified atom stereocenters. The third-order valence-electron chi connectivity index (χ3n) is 7.78. The average Bonchev–Trinajstić information content (AvgIpc) is 3.38. The molecule has 4 aromatic carbocycles. The first-order valence-corrected chi connectivity index (χ1v) is 15.0. The van der Waals surface area contributed by atoms with Crippen molar-refractivity contribution in [3.05, 3.63) is 142 Å². The molecule has 0 bridgehead atoms. The lowest BCUT2D eigenvalue weighted by atomic mass is 10.0. The Hall–Kier alpha value is -4.62. The van der Waals surface area contributed by atoms with Gasteiger partial charge in [0.15, 0.2) is 0 Å². The first kappa shape index (κ1) is 29.9. The number of benzene rings is 4. The Morgan fingerprint density at radius 1 is 0.814 bits per heavy atom. The summed E-state index contributed by atoms with van der Waals surface area (Å²) in [6.45, 7) is 5.80. The molecule has 2 heterocycles. The monoisotopic (exact) mass is 578 g/mol. The number of fused-ring (bicyclic) bond motifs is 1. The highest BCUT2D eigenvalue weighted by Crippen LogP contribution is 2.25. The van der Waals surface area contributed by atoms with Crippen LogP contribution in [0.5, 0.6) is 0 Å². The Balaban J connectivity index is 0.000000488. The fraction of sp³-hybridized carbons (Fsp3) is 0.278. The molecule has 1 N–H and O–H groups in total. The maximum absolute atomic E-state index is 12.8. The van der Waals surface area contributed by atoms with E-state index in [-0.39, 0.29) is 19.3 Å². The number of rotatable bonds is 8. The Labute approximate surface area is 254 Å². The SMILES string of the molecule is Cc1ccccc1.O=C(OCCN(Cc1ccccc1)Cc1ccccc1)N1CCC(n2c(=O)[nH]c3ccccc32)CC1.[HH]. The van der Waals surface area contributed by atoms with E-state index in [9.17, 15) is 9.59 Å². The number of likely N-dealkylation sites (tertiary alicyclic amines) is 1. The molecule has 0 aliphatic carbocycles. The molecule has 0 radical (unpaired) electrons. The van der Waals surface area contributed by atoms with Gasteiger partial charge in [-0.25, -0.2) is 9.59 Å². The number of hydrogen-bond acceptors (Lipinski definition) is 4. The molecule has 1 amide bonds. The molecule has 1 aromatic heterocycles. The molecule has 1 saturated heterocycles. The number of aromatic nitrogens is 2. The predicted octanol–water partition coefficient (Wildman–Crippen LogP) is 7.05. The number of nitrogens with zero attached hydrogens (tertiary/aromatic N) is 3. The van der Waals surface area contributed by atoms with E-state index in [1.54, 1.807) is 4.90 Å². The lowest BCUT2D eigenvalue weighted by Crippen LogP contribution is -2.41. The highest BCUT2D eigenvalue weighted by atomic mass is 16.6. The number of H-pyrrole nitrogens is 1. The van der Waals surface area contributed by atoms with Gasteiger partial charge < -0.3 is 14.6 Å². The number of carbonyl (C=O) groups excluding carboxylic acids is 1. The minimum Gasteiger partial charge on any atom is -0.448 e. The van der Waals surface area contributed by atoms with Crippen molar-refractivity contribution in [2.24, 2.45) is 0 Å². The van der Waals surface area contributed by atoms with E-state index >= 15 is 0 Å². The summed E-state index contributed by atoms with van der Waals surface area (Å²) in [5.41, 5.74) is 5.46. The molecular formula is C36H42N4O3. The highest BCUT2D eigenvalue weighted by Gasteiger charge is 2.27. The van der Waals surface area contributed by atoms with Crippen LogP contribution in [0.25, 0.3) is 11.0 Å². The zero-order valence-corrected chi connectivity index (χ0v) is 24.8. The number of aromatic amines is 1. The number of imidazole rings is 1. The quantitative estimate of drug-likeness (QED) is 0.214. The van der Waals surface area contributed by atoms with Crippen molar-refractivity contribution in [1.82, 2.24) is 19.4 Å². The summed E-state index contributed by atoms with van der Waals surface area (Å²) in [6.07, 6.45) is 1.18. The summed E-state index contributed by atoms with van der Waals surface area (Å²) in [6, 6.07) is 38.8. The molecule has 0 saturated carbocycles. The van der Waals surface area contributed by atoms with E-state index in [0.717, 1.165) is 37.0 Å². The van der Waals surface area contributed by atoms with Crippen molar-refractivity contribution in [1.29, 1.82) is 0 Å². The number of amides is 1. The van der Waals surface area contributed by atoms with Gasteiger partial charge in [0, 0.05) is 40.2 Å². The van der Waals surface area contributed by atoms with E-state index in [1.165, 1.54) is 16.7 Å². The molecule has 1 aliphatic rings. The number of carbonyl (C=O) groups is 1. The maximum atomic E-state index is 12.8. The van der Waals surface area contributed by atoms with Crippen LogP contribution in [0.3, 0.4) is 0 Å². The van der Waals surface area contributed by atoms with Gasteiger partial charge in [0.1, 0.15) is 6.61 Å². The number of para-hydroxylation sites is 2. The highest BCUT2D eigenvalue weighted by molar-refractivity contribution is 5.75. The average molecular weight is 579 g/mol. The summed E-state index contributed by atoms with van der Waals surface area (Å²) in [5, 5.41) is 0. The fourth-order valence-corrected chi connectivity index (χ4v) is 5.53. The van der Waals surface area contributed by atoms with Crippen molar-refractivity contribution in [3.8, 4) is 0 Å². The summed E-state index contributed by atoms with van der Waals surface area (Å²) in [4.78, 5) is 32.3. The van der Waals surface area contributed by atoms with Crippen LogP contribution >= 0.6 is 0 Å². The third-order valence-corrected chi connectivity index (χ3v) is 7.78. The molecule has 1 fully saturated rings. The topological polar surface area (TPSA) is 70.6 Å². The Morgan fingerprint density at radius 3 is 1.91 bits per heavy atom. The van der Waals surface area contributed by atoms with Crippen LogP contribution < -0.4 is 5.69 Å². The number of hydrogen-bond donors (Lipinski definition) is 1. The van der Waals surface area contributed by atoms with E-state index < -0.39 is 0 Å². The van der Waals surface area contributed by atoms with E-state index in [0.29, 0.717) is 26.2 Å². The third kappa shape index (κ3) is 8.46. The number of ether oxygens (including phenoxy) is 1. The van der Waals surface area contributed by atoms with E-state index in [2.05, 4.69) is 53.2 Å². The van der Waals surface area contributed by atoms with Gasteiger partial charge in [0.2, 0.25) is 0 Å². The van der Waals surface area contributed by atoms with Crippen molar-refractivity contribution in [2.75, 3.05) is 26.2 Å². The second-order valence-electron chi connectivity index (χ2n) is 11.0. The molecule has 0 spiro atoms. The summed E-state index contributed by atoms with van der Waals surface area (Å²) >= 11 is 0. The van der Waals surface area contributed by atoms with Crippen LogP contribution in [0.15, 0.2) is 120 Å². The normalized spacial score (nSPS) is 13.5. The van der Waals surface area contributed by atoms with Crippen LogP contribution in [-0.2, 0) is 17.8 Å². The van der Waals surface area contributed by atoms with Crippen LogP contribution in [-0.4, -0.2) is 51.7 Å². The Bertz CT molecular complexity index is 1570. The zero-order chi connectivity index (χ0) is 29.9. The molecule has 43 heavy (non-hydrogen) atoms. The molecule has 224 valence electrons. The molecule has 7 heteroatoms. The minimum atomic E-state index is -0.279. The second kappa shape index (κ2) is 15.0. The van der Waals surface area contributed by atoms with E-state index in [1.807, 2.05) is 83.4 Å². The molecule has 0 atom stereocenters. The van der Waals surface area contributed by atoms with Gasteiger partial charge in [-0.3, -0.25) is 9.47 Å². The Kier molecular flexibility index (Phi) is 10.4. The van der Waals surface area contributed by atoms with Gasteiger partial charge in [0.05, 0.1) is 11.0 Å². The zero-order valence-electron chi connectivity index (χ0n) is 24.8. The van der Waals surface area contributed by atoms with Crippen LogP contribution in [0.1, 0.15) is 37.0 Å². The van der Waals surface area contributed by atoms with Crippen LogP contribution in [0.2, 0.25) is 0 Å². The smallest absolute Gasteiger partial charge is 0.409 e. The minimum absolute atomic E-state index is 0. The maximum Gasteiger partial charge on any atom is 0.409 e. The van der Waals surface area contributed by atoms with Crippen LogP contribution in [0.4, 0.5) is 4.79 Å². The Morgan fingerprint density at radius 2 is 1.35 bits per heavy atom. The lowest BCUT2D eigenvalue weighted by Gasteiger charge is -2.32. The van der Waals surface area contributed by atoms with Crippen molar-refractivity contribution in [3.63, 3.8) is 0 Å². The van der Waals surface area contributed by atoms with Crippen molar-refractivity contribution >= 4 is 17.1 Å². The van der Waals surface area contributed by atoms with Gasteiger partial charge in [-0.15, -0.1) is 0 Å². The number of aryl methyl sites for hydroxylation is 1. The number of piperidine rings is 1. The van der Waals surface area contributed by atoms with E-state index in [4.69, 9.17) is 4.74 Å². The molecule has 6 rings (SSSR count).